The lowest BCUT2D eigenvalue weighted by Crippen LogP contribution is -2.48. The van der Waals surface area contributed by atoms with Gasteiger partial charge in [-0.15, -0.1) is 0 Å². The zero-order valence-electron chi connectivity index (χ0n) is 12.1. The van der Waals surface area contributed by atoms with Crippen molar-refractivity contribution < 1.29 is 4.79 Å². The van der Waals surface area contributed by atoms with Crippen LogP contribution in [0.3, 0.4) is 0 Å². The lowest BCUT2D eigenvalue weighted by atomic mass is 9.88. The van der Waals surface area contributed by atoms with E-state index >= 15 is 0 Å². The molecule has 0 saturated carbocycles. The molecule has 1 fully saturated rings. The van der Waals surface area contributed by atoms with Crippen LogP contribution in [0, 0.1) is 0 Å². The minimum absolute atomic E-state index is 0.381. The fraction of sp³-hybridized carbons (Fsp3) is 0.588. The average molecular weight is 270 g/mol. The number of benzene rings is 1. The lowest BCUT2D eigenvalue weighted by molar-refractivity contribution is -0.117. The number of hydrogen-bond acceptors (Lipinski definition) is 3. The first-order chi connectivity index (χ1) is 9.78. The maximum atomic E-state index is 12.0. The number of anilines is 1. The summed E-state index contributed by atoms with van der Waals surface area (Å²) in [6, 6.07) is 7.14. The standard InChI is InChI=1S/C17H22N2O/c1-2-7-18-8-6-16-15(11-18)14-5-3-4-12-9-13(20)10-19(16)17(12)14/h3-5,15-16H,2,6-11H2,1H3/t15-,16-/m0/s1. The molecule has 0 amide bonds. The number of likely N-dealkylation sites (tertiary alicyclic amines) is 1. The van der Waals surface area contributed by atoms with E-state index in [4.69, 9.17) is 0 Å². The van der Waals surface area contributed by atoms with Gasteiger partial charge in [-0.1, -0.05) is 25.1 Å². The molecule has 1 saturated heterocycles. The van der Waals surface area contributed by atoms with Gasteiger partial charge < -0.3 is 9.80 Å². The second kappa shape index (κ2) is 4.59. The quantitative estimate of drug-likeness (QED) is 0.823. The van der Waals surface area contributed by atoms with E-state index in [1.54, 1.807) is 0 Å². The Hall–Kier alpha value is -1.35. The van der Waals surface area contributed by atoms with Crippen molar-refractivity contribution >= 4 is 11.5 Å². The summed E-state index contributed by atoms with van der Waals surface area (Å²) in [6.45, 7) is 6.45. The number of para-hydroxylation sites is 1. The third kappa shape index (κ3) is 1.72. The predicted molar refractivity (Wildman–Crippen MR) is 80.4 cm³/mol. The molecule has 3 aliphatic heterocycles. The molecule has 0 unspecified atom stereocenters. The Balaban J connectivity index is 1.72. The van der Waals surface area contributed by atoms with Crippen LogP contribution in [0.5, 0.6) is 0 Å². The number of nitrogens with zero attached hydrogens (tertiary/aromatic N) is 2. The monoisotopic (exact) mass is 270 g/mol. The third-order valence-electron chi connectivity index (χ3n) is 5.17. The lowest BCUT2D eigenvalue weighted by Gasteiger charge is -2.39. The highest BCUT2D eigenvalue weighted by molar-refractivity contribution is 5.92. The van der Waals surface area contributed by atoms with Crippen LogP contribution in [0.25, 0.3) is 0 Å². The van der Waals surface area contributed by atoms with Gasteiger partial charge in [-0.05, 0) is 30.5 Å². The van der Waals surface area contributed by atoms with Gasteiger partial charge in [0.2, 0.25) is 0 Å². The van der Waals surface area contributed by atoms with Gasteiger partial charge in [-0.3, -0.25) is 4.79 Å². The van der Waals surface area contributed by atoms with Gasteiger partial charge in [0.1, 0.15) is 0 Å². The second-order valence-electron chi connectivity index (χ2n) is 6.46. The predicted octanol–water partition coefficient (Wildman–Crippen LogP) is 2.20. The van der Waals surface area contributed by atoms with Gasteiger partial charge in [0, 0.05) is 37.2 Å². The highest BCUT2D eigenvalue weighted by atomic mass is 16.1. The molecule has 0 aromatic heterocycles. The van der Waals surface area contributed by atoms with Crippen LogP contribution in [0.2, 0.25) is 0 Å². The van der Waals surface area contributed by atoms with Crippen molar-refractivity contribution in [1.82, 2.24) is 4.90 Å². The molecular formula is C17H22N2O. The highest BCUT2D eigenvalue weighted by Gasteiger charge is 2.44. The topological polar surface area (TPSA) is 23.6 Å². The Morgan fingerprint density at radius 2 is 2.25 bits per heavy atom. The van der Waals surface area contributed by atoms with Gasteiger partial charge >= 0.3 is 0 Å². The van der Waals surface area contributed by atoms with Gasteiger partial charge in [0.25, 0.3) is 0 Å². The van der Waals surface area contributed by atoms with Crippen molar-refractivity contribution in [1.29, 1.82) is 0 Å². The van der Waals surface area contributed by atoms with Crippen LogP contribution in [0.1, 0.15) is 36.8 Å². The molecule has 0 aliphatic carbocycles. The molecule has 4 rings (SSSR count). The van der Waals surface area contributed by atoms with E-state index in [-0.39, 0.29) is 0 Å². The van der Waals surface area contributed by atoms with E-state index in [9.17, 15) is 4.79 Å². The van der Waals surface area contributed by atoms with Crippen LogP contribution in [-0.2, 0) is 11.2 Å². The molecule has 0 radical (unpaired) electrons. The summed E-state index contributed by atoms with van der Waals surface area (Å²) in [7, 11) is 0. The first kappa shape index (κ1) is 12.4. The maximum absolute atomic E-state index is 12.0. The average Bonchev–Trinajstić information content (AvgIpc) is 2.75. The first-order valence-electron chi connectivity index (χ1n) is 7.90. The van der Waals surface area contributed by atoms with Gasteiger partial charge in [-0.25, -0.2) is 0 Å². The number of rotatable bonds is 2. The maximum Gasteiger partial charge on any atom is 0.156 e. The molecule has 20 heavy (non-hydrogen) atoms. The number of fused-ring (bicyclic) bond motifs is 3. The zero-order chi connectivity index (χ0) is 13.7. The Labute approximate surface area is 120 Å². The van der Waals surface area contributed by atoms with Crippen molar-refractivity contribution in [3.63, 3.8) is 0 Å². The Morgan fingerprint density at radius 1 is 1.35 bits per heavy atom. The molecular weight excluding hydrogens is 248 g/mol. The number of carbonyl (C=O) groups excluding carboxylic acids is 1. The van der Waals surface area contributed by atoms with Gasteiger partial charge in [0.15, 0.2) is 5.78 Å². The van der Waals surface area contributed by atoms with Crippen LogP contribution in [0.15, 0.2) is 18.2 Å². The minimum atomic E-state index is 0.381. The molecule has 3 heterocycles. The van der Waals surface area contributed by atoms with Gasteiger partial charge in [-0.2, -0.15) is 0 Å². The van der Waals surface area contributed by atoms with Crippen LogP contribution in [0.4, 0.5) is 5.69 Å². The summed E-state index contributed by atoms with van der Waals surface area (Å²) in [4.78, 5) is 17.0. The van der Waals surface area contributed by atoms with Crippen LogP contribution >= 0.6 is 0 Å². The van der Waals surface area contributed by atoms with Crippen molar-refractivity contribution in [2.75, 3.05) is 31.1 Å². The summed E-state index contributed by atoms with van der Waals surface area (Å²) in [5.41, 5.74) is 4.16. The summed E-state index contributed by atoms with van der Waals surface area (Å²) < 4.78 is 0. The fourth-order valence-corrected chi connectivity index (χ4v) is 4.43. The number of Topliss-reactive ketones (excluding diaryl/α,β-unsaturated/α-hetero) is 1. The van der Waals surface area contributed by atoms with Gasteiger partial charge in [0.05, 0.1) is 6.54 Å². The van der Waals surface area contributed by atoms with E-state index in [1.807, 2.05) is 0 Å². The molecule has 3 nitrogen and oxygen atoms in total. The van der Waals surface area contributed by atoms with Crippen molar-refractivity contribution in [2.45, 2.75) is 38.1 Å². The smallest absolute Gasteiger partial charge is 0.156 e. The molecule has 0 spiro atoms. The summed E-state index contributed by atoms with van der Waals surface area (Å²) in [5.74, 6) is 0.988. The Bertz CT molecular complexity index is 554. The zero-order valence-corrected chi connectivity index (χ0v) is 12.1. The Kier molecular flexibility index (Phi) is 2.84. The SMILES string of the molecule is CCCN1CC[C@H]2[C@@H](C1)c1cccc3c1N2CC(=O)C3. The molecule has 3 heteroatoms. The summed E-state index contributed by atoms with van der Waals surface area (Å²) >= 11 is 0. The molecule has 0 N–H and O–H groups in total. The Morgan fingerprint density at radius 3 is 3.10 bits per heavy atom. The number of piperidine rings is 1. The highest BCUT2D eigenvalue weighted by Crippen LogP contribution is 2.47. The summed E-state index contributed by atoms with van der Waals surface area (Å²) in [5, 5.41) is 0. The molecule has 1 aromatic carbocycles. The van der Waals surface area contributed by atoms with E-state index in [2.05, 4.69) is 34.9 Å². The fourth-order valence-electron chi connectivity index (χ4n) is 4.43. The van der Waals surface area contributed by atoms with Crippen LogP contribution in [-0.4, -0.2) is 42.9 Å². The largest absolute Gasteiger partial charge is 0.360 e. The molecule has 1 aromatic rings. The van der Waals surface area contributed by atoms with E-state index in [0.29, 0.717) is 30.7 Å². The van der Waals surface area contributed by atoms with Crippen LogP contribution < -0.4 is 4.90 Å². The van der Waals surface area contributed by atoms with Crippen molar-refractivity contribution in [3.05, 3.63) is 29.3 Å². The van der Waals surface area contributed by atoms with Crippen molar-refractivity contribution in [2.24, 2.45) is 0 Å². The van der Waals surface area contributed by atoms with E-state index in [1.165, 1.54) is 49.3 Å². The molecule has 3 aliphatic rings. The molecule has 0 bridgehead atoms. The first-order valence-corrected chi connectivity index (χ1v) is 7.90. The third-order valence-corrected chi connectivity index (χ3v) is 5.17. The van der Waals surface area contributed by atoms with E-state index in [0.717, 1.165) is 0 Å². The van der Waals surface area contributed by atoms with Crippen molar-refractivity contribution in [3.8, 4) is 0 Å². The normalized spacial score (nSPS) is 28.4. The number of hydrogen-bond donors (Lipinski definition) is 0. The summed E-state index contributed by atoms with van der Waals surface area (Å²) in [6.07, 6.45) is 3.07. The number of carbonyl (C=O) groups is 1. The molecule has 2 atom stereocenters. The minimum Gasteiger partial charge on any atom is -0.360 e. The molecule has 106 valence electrons. The second-order valence-corrected chi connectivity index (χ2v) is 6.46. The van der Waals surface area contributed by atoms with E-state index < -0.39 is 0 Å². The number of ketones is 1.